The Hall–Kier alpha value is 0.210. The van der Waals surface area contributed by atoms with Gasteiger partial charge in [-0.3, -0.25) is 0 Å². The van der Waals surface area contributed by atoms with Gasteiger partial charge in [0.05, 0.1) is 0 Å². The Bertz CT molecular complexity index is 337. The summed E-state index contributed by atoms with van der Waals surface area (Å²) in [4.78, 5) is 0. The van der Waals surface area contributed by atoms with Gasteiger partial charge in [0, 0.05) is 16.2 Å². The lowest BCUT2D eigenvalue weighted by molar-refractivity contribution is 0.415. The van der Waals surface area contributed by atoms with Crippen LogP contribution in [-0.2, 0) is 6.42 Å². The van der Waals surface area contributed by atoms with Crippen LogP contribution in [0.2, 0.25) is 0 Å². The van der Waals surface area contributed by atoms with E-state index in [2.05, 4.69) is 15.9 Å². The third kappa shape index (κ3) is 3.61. The Balaban J connectivity index is 2.92. The standard InChI is InChI=1S/C11H12BrCl2F/c1-11(6-13,7-14)5-8-4-9(12)2-3-10(8)15/h2-4H,5-7H2,1H3. The van der Waals surface area contributed by atoms with Crippen LogP contribution in [0.3, 0.4) is 0 Å². The third-order valence-electron chi connectivity index (χ3n) is 2.27. The summed E-state index contributed by atoms with van der Waals surface area (Å²) in [5, 5.41) is 0. The summed E-state index contributed by atoms with van der Waals surface area (Å²) in [6.45, 7) is 1.95. The summed E-state index contributed by atoms with van der Waals surface area (Å²) in [5.41, 5.74) is 0.387. The van der Waals surface area contributed by atoms with E-state index in [4.69, 9.17) is 23.2 Å². The summed E-state index contributed by atoms with van der Waals surface area (Å²) < 4.78 is 14.3. The van der Waals surface area contributed by atoms with Crippen molar-refractivity contribution in [1.29, 1.82) is 0 Å². The molecule has 0 aromatic heterocycles. The Morgan fingerprint density at radius 2 is 1.93 bits per heavy atom. The van der Waals surface area contributed by atoms with Gasteiger partial charge in [0.25, 0.3) is 0 Å². The fraction of sp³-hybridized carbons (Fsp3) is 0.455. The molecule has 0 aliphatic heterocycles. The Labute approximate surface area is 108 Å². The van der Waals surface area contributed by atoms with Crippen molar-refractivity contribution in [3.05, 3.63) is 34.1 Å². The van der Waals surface area contributed by atoms with Crippen LogP contribution in [0.4, 0.5) is 4.39 Å². The molecule has 0 aliphatic rings. The van der Waals surface area contributed by atoms with Crippen LogP contribution in [0.25, 0.3) is 0 Å². The molecule has 0 fully saturated rings. The first-order valence-corrected chi connectivity index (χ1v) is 6.43. The van der Waals surface area contributed by atoms with Gasteiger partial charge >= 0.3 is 0 Å². The quantitative estimate of drug-likeness (QED) is 0.712. The van der Waals surface area contributed by atoms with Crippen molar-refractivity contribution in [1.82, 2.24) is 0 Å². The van der Waals surface area contributed by atoms with E-state index >= 15 is 0 Å². The number of hydrogen-bond donors (Lipinski definition) is 0. The highest BCUT2D eigenvalue weighted by atomic mass is 79.9. The number of rotatable bonds is 4. The van der Waals surface area contributed by atoms with Crippen molar-refractivity contribution in [3.8, 4) is 0 Å². The van der Waals surface area contributed by atoms with Crippen LogP contribution >= 0.6 is 39.1 Å². The topological polar surface area (TPSA) is 0 Å². The molecule has 0 bridgehead atoms. The average Bonchev–Trinajstić information content (AvgIpc) is 2.23. The summed E-state index contributed by atoms with van der Waals surface area (Å²) in [6.07, 6.45) is 0.547. The van der Waals surface area contributed by atoms with Crippen molar-refractivity contribution in [2.75, 3.05) is 11.8 Å². The maximum Gasteiger partial charge on any atom is 0.126 e. The van der Waals surface area contributed by atoms with E-state index in [-0.39, 0.29) is 11.2 Å². The van der Waals surface area contributed by atoms with Crippen molar-refractivity contribution in [2.24, 2.45) is 5.41 Å². The molecular formula is C11H12BrCl2F. The SMILES string of the molecule is CC(CCl)(CCl)Cc1cc(Br)ccc1F. The molecule has 0 amide bonds. The van der Waals surface area contributed by atoms with Crippen LogP contribution < -0.4 is 0 Å². The van der Waals surface area contributed by atoms with Gasteiger partial charge in [-0.2, -0.15) is 0 Å². The molecule has 0 saturated heterocycles. The summed E-state index contributed by atoms with van der Waals surface area (Å²) in [5.74, 6) is 0.630. The van der Waals surface area contributed by atoms with Gasteiger partial charge in [-0.1, -0.05) is 22.9 Å². The predicted octanol–water partition coefficient (Wildman–Crippen LogP) is 4.61. The Morgan fingerprint density at radius 1 is 1.33 bits per heavy atom. The molecule has 1 aromatic rings. The first-order valence-electron chi connectivity index (χ1n) is 4.56. The van der Waals surface area contributed by atoms with Crippen LogP contribution in [0.1, 0.15) is 12.5 Å². The second-order valence-electron chi connectivity index (χ2n) is 3.99. The minimum atomic E-state index is -0.259. The van der Waals surface area contributed by atoms with Crippen LogP contribution in [0.15, 0.2) is 22.7 Å². The minimum absolute atomic E-state index is 0.209. The molecule has 0 saturated carbocycles. The lowest BCUT2D eigenvalue weighted by atomic mass is 9.87. The van der Waals surface area contributed by atoms with E-state index in [1.165, 1.54) is 6.07 Å². The molecule has 0 atom stereocenters. The van der Waals surface area contributed by atoms with Gasteiger partial charge in [0.15, 0.2) is 0 Å². The lowest BCUT2D eigenvalue weighted by Crippen LogP contribution is -2.24. The molecule has 84 valence electrons. The molecule has 0 radical (unpaired) electrons. The zero-order valence-corrected chi connectivity index (χ0v) is 11.5. The molecule has 0 nitrogen and oxygen atoms in total. The first kappa shape index (κ1) is 13.3. The van der Waals surface area contributed by atoms with Crippen molar-refractivity contribution >= 4 is 39.1 Å². The molecule has 0 N–H and O–H groups in total. The zero-order valence-electron chi connectivity index (χ0n) is 8.37. The third-order valence-corrected chi connectivity index (χ3v) is 4.05. The predicted molar refractivity (Wildman–Crippen MR) is 67.4 cm³/mol. The average molecular weight is 314 g/mol. The summed E-state index contributed by atoms with van der Waals surface area (Å²) in [7, 11) is 0. The first-order chi connectivity index (χ1) is 7.00. The molecule has 0 unspecified atom stereocenters. The molecular weight excluding hydrogens is 302 g/mol. The van der Waals surface area contributed by atoms with E-state index in [9.17, 15) is 4.39 Å². The smallest absolute Gasteiger partial charge is 0.126 e. The fourth-order valence-electron chi connectivity index (χ4n) is 1.27. The van der Waals surface area contributed by atoms with E-state index in [1.54, 1.807) is 12.1 Å². The summed E-state index contributed by atoms with van der Waals surface area (Å²) >= 11 is 15.0. The number of alkyl halides is 2. The second kappa shape index (κ2) is 5.51. The lowest BCUT2D eigenvalue weighted by Gasteiger charge is -2.24. The number of hydrogen-bond acceptors (Lipinski definition) is 0. The number of benzene rings is 1. The highest BCUT2D eigenvalue weighted by molar-refractivity contribution is 9.10. The summed E-state index contributed by atoms with van der Waals surface area (Å²) in [6, 6.07) is 4.90. The molecule has 0 spiro atoms. The molecule has 1 rings (SSSR count). The highest BCUT2D eigenvalue weighted by Crippen LogP contribution is 2.28. The van der Waals surface area contributed by atoms with Crippen molar-refractivity contribution < 1.29 is 4.39 Å². The Kier molecular flexibility index (Phi) is 4.88. The van der Waals surface area contributed by atoms with E-state index < -0.39 is 0 Å². The second-order valence-corrected chi connectivity index (χ2v) is 5.44. The molecule has 0 aliphatic carbocycles. The molecule has 1 aromatic carbocycles. The minimum Gasteiger partial charge on any atom is -0.207 e. The largest absolute Gasteiger partial charge is 0.207 e. The maximum atomic E-state index is 13.5. The van der Waals surface area contributed by atoms with E-state index in [1.807, 2.05) is 6.92 Å². The van der Waals surface area contributed by atoms with E-state index in [0.29, 0.717) is 23.7 Å². The molecule has 15 heavy (non-hydrogen) atoms. The Morgan fingerprint density at radius 3 is 2.47 bits per heavy atom. The van der Waals surface area contributed by atoms with Gasteiger partial charge in [0.2, 0.25) is 0 Å². The van der Waals surface area contributed by atoms with Crippen molar-refractivity contribution in [3.63, 3.8) is 0 Å². The monoisotopic (exact) mass is 312 g/mol. The van der Waals surface area contributed by atoms with Crippen molar-refractivity contribution in [2.45, 2.75) is 13.3 Å². The maximum absolute atomic E-state index is 13.5. The zero-order chi connectivity index (χ0) is 11.5. The van der Waals surface area contributed by atoms with Crippen LogP contribution in [0, 0.1) is 11.2 Å². The molecule has 4 heteroatoms. The van der Waals surface area contributed by atoms with Crippen LogP contribution in [-0.4, -0.2) is 11.8 Å². The fourth-order valence-corrected chi connectivity index (χ4v) is 2.15. The van der Waals surface area contributed by atoms with Crippen LogP contribution in [0.5, 0.6) is 0 Å². The van der Waals surface area contributed by atoms with Gasteiger partial charge in [-0.25, -0.2) is 4.39 Å². The normalized spacial score (nSPS) is 11.8. The van der Waals surface area contributed by atoms with E-state index in [0.717, 1.165) is 4.47 Å². The highest BCUT2D eigenvalue weighted by Gasteiger charge is 2.24. The van der Waals surface area contributed by atoms with Gasteiger partial charge in [-0.15, -0.1) is 23.2 Å². The molecule has 0 heterocycles. The van der Waals surface area contributed by atoms with Gasteiger partial charge in [0.1, 0.15) is 5.82 Å². The van der Waals surface area contributed by atoms with Gasteiger partial charge in [-0.05, 0) is 35.6 Å². The van der Waals surface area contributed by atoms with Gasteiger partial charge < -0.3 is 0 Å². The number of halogens is 4.